The Balaban J connectivity index is 1.64. The summed E-state index contributed by atoms with van der Waals surface area (Å²) in [6.45, 7) is 7.44. The van der Waals surface area contributed by atoms with Gasteiger partial charge in [-0.15, -0.1) is 0 Å². The van der Waals surface area contributed by atoms with Gasteiger partial charge < -0.3 is 9.47 Å². The fraction of sp³-hybridized carbons (Fsp3) is 0.476. The van der Waals surface area contributed by atoms with E-state index in [1.54, 1.807) is 0 Å². The number of anilines is 1. The van der Waals surface area contributed by atoms with Crippen LogP contribution in [0.5, 0.6) is 0 Å². The van der Waals surface area contributed by atoms with E-state index in [1.165, 1.54) is 17.0 Å². The van der Waals surface area contributed by atoms with E-state index in [-0.39, 0.29) is 5.41 Å². The third-order valence-electron chi connectivity index (χ3n) is 5.36. The summed E-state index contributed by atoms with van der Waals surface area (Å²) in [5.41, 5.74) is 3.91. The Morgan fingerprint density at radius 1 is 1.14 bits per heavy atom. The van der Waals surface area contributed by atoms with Crippen LogP contribution in [0.25, 0.3) is 5.82 Å². The lowest BCUT2D eigenvalue weighted by atomic mass is 9.87. The van der Waals surface area contributed by atoms with Crippen LogP contribution in [-0.2, 0) is 26.6 Å². The molecule has 1 aliphatic heterocycles. The monoisotopic (exact) mass is 379 g/mol. The van der Waals surface area contributed by atoms with Gasteiger partial charge in [0.2, 0.25) is 5.95 Å². The minimum atomic E-state index is 0.140. The molecule has 0 aromatic carbocycles. The molecule has 3 aromatic rings. The molecule has 148 valence electrons. The Kier molecular flexibility index (Phi) is 4.71. The molecule has 0 spiro atoms. The van der Waals surface area contributed by atoms with Crippen molar-refractivity contribution in [2.24, 2.45) is 12.5 Å². The van der Waals surface area contributed by atoms with Crippen molar-refractivity contribution in [3.63, 3.8) is 0 Å². The van der Waals surface area contributed by atoms with Crippen LogP contribution < -0.4 is 4.90 Å². The zero-order chi connectivity index (χ0) is 19.9. The molecule has 0 fully saturated rings. The van der Waals surface area contributed by atoms with Crippen molar-refractivity contribution in [3.8, 4) is 5.82 Å². The molecule has 0 radical (unpaired) electrons. The first-order valence-electron chi connectivity index (χ1n) is 9.71. The number of nitrogens with zero attached hydrogens (tertiary/aromatic N) is 7. The van der Waals surface area contributed by atoms with Crippen molar-refractivity contribution in [3.05, 3.63) is 53.7 Å². The summed E-state index contributed by atoms with van der Waals surface area (Å²) in [5, 5.41) is 4.66. The smallest absolute Gasteiger partial charge is 0.204 e. The van der Waals surface area contributed by atoms with E-state index in [4.69, 9.17) is 0 Å². The average molecular weight is 380 g/mol. The predicted octanol–water partition coefficient (Wildman–Crippen LogP) is 2.65. The van der Waals surface area contributed by atoms with Crippen molar-refractivity contribution < 1.29 is 0 Å². The van der Waals surface area contributed by atoms with E-state index in [0.29, 0.717) is 0 Å². The van der Waals surface area contributed by atoms with Gasteiger partial charge >= 0.3 is 0 Å². The van der Waals surface area contributed by atoms with Gasteiger partial charge in [0, 0.05) is 52.5 Å². The van der Waals surface area contributed by atoms with Crippen LogP contribution in [0, 0.1) is 5.41 Å². The Morgan fingerprint density at radius 3 is 2.64 bits per heavy atom. The van der Waals surface area contributed by atoms with Crippen molar-refractivity contribution >= 4 is 5.95 Å². The maximum absolute atomic E-state index is 4.66. The molecule has 28 heavy (non-hydrogen) atoms. The highest BCUT2D eigenvalue weighted by Gasteiger charge is 2.31. The van der Waals surface area contributed by atoms with E-state index in [0.717, 1.165) is 37.8 Å². The molecule has 0 saturated carbocycles. The van der Waals surface area contributed by atoms with Crippen molar-refractivity contribution in [1.82, 2.24) is 29.2 Å². The molecule has 7 heteroatoms. The van der Waals surface area contributed by atoms with Crippen molar-refractivity contribution in [2.45, 2.75) is 33.4 Å². The van der Waals surface area contributed by atoms with E-state index in [9.17, 15) is 0 Å². The van der Waals surface area contributed by atoms with E-state index in [1.807, 2.05) is 60.5 Å². The zero-order valence-electron chi connectivity index (χ0n) is 17.4. The molecule has 0 atom stereocenters. The van der Waals surface area contributed by atoms with Crippen LogP contribution in [0.1, 0.15) is 30.8 Å². The molecule has 0 amide bonds. The van der Waals surface area contributed by atoms with Crippen LogP contribution in [0.2, 0.25) is 0 Å². The summed E-state index contributed by atoms with van der Waals surface area (Å²) in [7, 11) is 6.14. The molecular formula is C21H29N7. The van der Waals surface area contributed by atoms with E-state index < -0.39 is 0 Å². The standard InChI is InChI=1S/C21H29N7/c1-21(2)10-18-16(11-24-28(18)19-8-6-7-9-22-19)13-27(15-21)14-17-12-23-20(25(3)4)26(17)5/h6-9,11-12H,10,13-15H2,1-5H3. The Labute approximate surface area is 166 Å². The lowest BCUT2D eigenvalue weighted by Crippen LogP contribution is -2.33. The maximum atomic E-state index is 4.66. The molecule has 1 aliphatic rings. The van der Waals surface area contributed by atoms with Crippen molar-refractivity contribution in [2.75, 3.05) is 25.5 Å². The number of hydrogen-bond donors (Lipinski definition) is 0. The normalized spacial score (nSPS) is 16.6. The molecule has 0 bridgehead atoms. The van der Waals surface area contributed by atoms with Crippen LogP contribution in [0.15, 0.2) is 36.8 Å². The summed E-state index contributed by atoms with van der Waals surface area (Å²) < 4.78 is 4.19. The van der Waals surface area contributed by atoms with E-state index in [2.05, 4.69) is 45.4 Å². The number of rotatable bonds is 4. The second-order valence-electron chi connectivity index (χ2n) is 8.71. The van der Waals surface area contributed by atoms with E-state index >= 15 is 0 Å². The van der Waals surface area contributed by atoms with Crippen LogP contribution in [-0.4, -0.2) is 49.9 Å². The lowest BCUT2D eigenvalue weighted by molar-refractivity contribution is 0.170. The largest absolute Gasteiger partial charge is 0.348 e. The summed E-state index contributed by atoms with van der Waals surface area (Å²) in [5.74, 6) is 1.86. The summed E-state index contributed by atoms with van der Waals surface area (Å²) >= 11 is 0. The molecule has 0 saturated heterocycles. The topological polar surface area (TPSA) is 55.0 Å². The van der Waals surface area contributed by atoms with Gasteiger partial charge in [0.25, 0.3) is 0 Å². The molecule has 4 heterocycles. The molecule has 0 unspecified atom stereocenters. The van der Waals surface area contributed by atoms with Gasteiger partial charge in [-0.2, -0.15) is 5.10 Å². The van der Waals surface area contributed by atoms with Gasteiger partial charge in [-0.05, 0) is 24.0 Å². The Morgan fingerprint density at radius 2 is 1.96 bits per heavy atom. The SMILES string of the molecule is CN(C)c1ncc(CN2Cc3cnn(-c4ccccn4)c3CC(C)(C)C2)n1C. The van der Waals surface area contributed by atoms with Crippen molar-refractivity contribution in [1.29, 1.82) is 0 Å². The van der Waals surface area contributed by atoms with Gasteiger partial charge in [-0.25, -0.2) is 14.6 Å². The first-order chi connectivity index (χ1) is 13.3. The highest BCUT2D eigenvalue weighted by atomic mass is 15.3. The van der Waals surface area contributed by atoms with Gasteiger partial charge in [-0.3, -0.25) is 4.90 Å². The Bertz CT molecular complexity index is 953. The number of aromatic nitrogens is 5. The molecular weight excluding hydrogens is 350 g/mol. The van der Waals surface area contributed by atoms with Gasteiger partial charge in [0.15, 0.2) is 5.82 Å². The molecule has 0 aliphatic carbocycles. The number of hydrogen-bond acceptors (Lipinski definition) is 5. The minimum absolute atomic E-state index is 0.140. The maximum Gasteiger partial charge on any atom is 0.204 e. The van der Waals surface area contributed by atoms with Crippen LogP contribution >= 0.6 is 0 Å². The molecule has 4 rings (SSSR count). The van der Waals surface area contributed by atoms with Gasteiger partial charge in [0.05, 0.1) is 23.8 Å². The number of pyridine rings is 1. The molecule has 0 N–H and O–H groups in total. The lowest BCUT2D eigenvalue weighted by Gasteiger charge is -2.29. The second kappa shape index (κ2) is 7.05. The minimum Gasteiger partial charge on any atom is -0.348 e. The third-order valence-corrected chi connectivity index (χ3v) is 5.36. The number of imidazole rings is 1. The molecule has 7 nitrogen and oxygen atoms in total. The third kappa shape index (κ3) is 3.54. The summed E-state index contributed by atoms with van der Waals surface area (Å²) in [4.78, 5) is 13.6. The fourth-order valence-corrected chi connectivity index (χ4v) is 4.15. The number of fused-ring (bicyclic) bond motifs is 1. The first kappa shape index (κ1) is 18.7. The fourth-order valence-electron chi connectivity index (χ4n) is 4.15. The zero-order valence-corrected chi connectivity index (χ0v) is 17.4. The quantitative estimate of drug-likeness (QED) is 0.698. The first-order valence-corrected chi connectivity index (χ1v) is 9.71. The van der Waals surface area contributed by atoms with Crippen LogP contribution in [0.3, 0.4) is 0 Å². The summed E-state index contributed by atoms with van der Waals surface area (Å²) in [6.07, 6.45) is 6.80. The summed E-state index contributed by atoms with van der Waals surface area (Å²) in [6, 6.07) is 5.96. The second-order valence-corrected chi connectivity index (χ2v) is 8.71. The highest BCUT2D eigenvalue weighted by molar-refractivity contribution is 5.32. The highest BCUT2D eigenvalue weighted by Crippen LogP contribution is 2.32. The van der Waals surface area contributed by atoms with Gasteiger partial charge in [-0.1, -0.05) is 19.9 Å². The predicted molar refractivity (Wildman–Crippen MR) is 110 cm³/mol. The van der Waals surface area contributed by atoms with Crippen LogP contribution in [0.4, 0.5) is 5.95 Å². The average Bonchev–Trinajstić information content (AvgIpc) is 3.15. The van der Waals surface area contributed by atoms with Gasteiger partial charge in [0.1, 0.15) is 0 Å². The Hall–Kier alpha value is -2.67. The molecule has 3 aromatic heterocycles.